The number of hydrogen-bond donors (Lipinski definition) is 2. The molecule has 3 aromatic carbocycles. The van der Waals surface area contributed by atoms with Crippen LogP contribution in [0, 0.1) is 0 Å². The average Bonchev–Trinajstić information content (AvgIpc) is 2.86. The van der Waals surface area contributed by atoms with E-state index in [0.29, 0.717) is 29.9 Å². The molecule has 190 valence electrons. The van der Waals surface area contributed by atoms with Crippen LogP contribution in [0.2, 0.25) is 5.02 Å². The van der Waals surface area contributed by atoms with Crippen molar-refractivity contribution in [2.24, 2.45) is 0 Å². The Labute approximate surface area is 216 Å². The number of benzene rings is 3. The molecule has 4 rings (SSSR count). The zero-order valence-electron chi connectivity index (χ0n) is 19.4. The van der Waals surface area contributed by atoms with Crippen LogP contribution >= 0.6 is 11.6 Å². The van der Waals surface area contributed by atoms with E-state index in [1.807, 2.05) is 0 Å². The number of carbonyl (C=O) groups excluding carboxylic acids is 1. The largest absolute Gasteiger partial charge is 0.322 e. The molecule has 0 spiro atoms. The lowest BCUT2D eigenvalue weighted by Crippen LogP contribution is -2.36. The molecule has 8 nitrogen and oxygen atoms in total. The van der Waals surface area contributed by atoms with Gasteiger partial charge in [-0.2, -0.15) is 0 Å². The fraction of sp³-hybridized carbons (Fsp3) is 0.240. The molecule has 1 aliphatic rings. The third-order valence-electron chi connectivity index (χ3n) is 5.81. The van der Waals surface area contributed by atoms with Crippen LogP contribution in [0.4, 0.5) is 11.4 Å². The van der Waals surface area contributed by atoms with Crippen molar-refractivity contribution in [3.05, 3.63) is 88.9 Å². The average molecular weight is 548 g/mol. The van der Waals surface area contributed by atoms with Gasteiger partial charge in [-0.3, -0.25) is 9.52 Å². The van der Waals surface area contributed by atoms with Crippen LogP contribution in [0.25, 0.3) is 0 Å². The van der Waals surface area contributed by atoms with E-state index in [0.717, 1.165) is 19.3 Å². The van der Waals surface area contributed by atoms with E-state index in [-0.39, 0.29) is 21.4 Å². The molecule has 1 saturated heterocycles. The third-order valence-corrected chi connectivity index (χ3v) is 9.38. The number of piperidine rings is 1. The first kappa shape index (κ1) is 26.2. The zero-order valence-corrected chi connectivity index (χ0v) is 21.7. The summed E-state index contributed by atoms with van der Waals surface area (Å²) in [6.07, 6.45) is 2.81. The van der Waals surface area contributed by atoms with Gasteiger partial charge in [-0.15, -0.1) is 0 Å². The molecule has 1 heterocycles. The summed E-state index contributed by atoms with van der Waals surface area (Å²) in [4.78, 5) is 12.6. The lowest BCUT2D eigenvalue weighted by Gasteiger charge is -2.25. The number of halogens is 1. The van der Waals surface area contributed by atoms with Crippen LogP contribution in [0.1, 0.15) is 35.2 Å². The molecule has 2 N–H and O–H groups in total. The third kappa shape index (κ3) is 6.44. The van der Waals surface area contributed by atoms with E-state index in [4.69, 9.17) is 11.6 Å². The number of para-hydroxylation sites is 1. The summed E-state index contributed by atoms with van der Waals surface area (Å²) >= 11 is 6.03. The van der Waals surface area contributed by atoms with Gasteiger partial charge in [0.2, 0.25) is 10.0 Å². The highest BCUT2D eigenvalue weighted by atomic mass is 35.5. The Morgan fingerprint density at radius 2 is 1.47 bits per heavy atom. The first-order valence-electron chi connectivity index (χ1n) is 11.4. The van der Waals surface area contributed by atoms with Crippen molar-refractivity contribution in [3.8, 4) is 0 Å². The molecule has 1 amide bonds. The maximum atomic E-state index is 12.6. The molecule has 0 saturated carbocycles. The molecule has 0 radical (unpaired) electrons. The van der Waals surface area contributed by atoms with Crippen molar-refractivity contribution in [2.75, 3.05) is 23.1 Å². The SMILES string of the molecule is O=C(Nc1ccc(S(=O)(=O)Nc2ccccc2Cl)cc1)c1ccc(CS(=O)(=O)N2CCCCC2)cc1. The van der Waals surface area contributed by atoms with Crippen LogP contribution in [0.15, 0.2) is 77.7 Å². The zero-order chi connectivity index (χ0) is 25.8. The number of sulfonamides is 2. The smallest absolute Gasteiger partial charge is 0.261 e. The molecule has 0 bridgehead atoms. The number of amides is 1. The number of rotatable bonds is 8. The molecule has 3 aromatic rings. The lowest BCUT2D eigenvalue weighted by atomic mass is 10.1. The molecule has 0 unspecified atom stereocenters. The number of carbonyl (C=O) groups is 1. The molecule has 36 heavy (non-hydrogen) atoms. The number of nitrogens with zero attached hydrogens (tertiary/aromatic N) is 1. The van der Waals surface area contributed by atoms with Crippen molar-refractivity contribution in [1.82, 2.24) is 4.31 Å². The minimum atomic E-state index is -3.86. The molecular weight excluding hydrogens is 522 g/mol. The lowest BCUT2D eigenvalue weighted by molar-refractivity contribution is 0.102. The summed E-state index contributed by atoms with van der Waals surface area (Å²) in [5.41, 5.74) is 1.64. The molecule has 1 aliphatic heterocycles. The molecule has 0 atom stereocenters. The second-order valence-electron chi connectivity index (χ2n) is 8.48. The predicted octanol–water partition coefficient (Wildman–Crippen LogP) is 4.71. The van der Waals surface area contributed by atoms with Gasteiger partial charge in [0.15, 0.2) is 0 Å². The molecular formula is C25H26ClN3O5S2. The van der Waals surface area contributed by atoms with E-state index in [1.165, 1.54) is 28.6 Å². The highest BCUT2D eigenvalue weighted by Crippen LogP contribution is 2.25. The molecule has 0 aliphatic carbocycles. The van der Waals surface area contributed by atoms with Gasteiger partial charge in [-0.25, -0.2) is 21.1 Å². The van der Waals surface area contributed by atoms with Crippen molar-refractivity contribution in [1.29, 1.82) is 0 Å². The quantitative estimate of drug-likeness (QED) is 0.424. The van der Waals surface area contributed by atoms with Gasteiger partial charge in [0.1, 0.15) is 0 Å². The Morgan fingerprint density at radius 3 is 2.11 bits per heavy atom. The summed E-state index contributed by atoms with van der Waals surface area (Å²) in [6.45, 7) is 1.11. The molecule has 11 heteroatoms. The fourth-order valence-electron chi connectivity index (χ4n) is 3.87. The van der Waals surface area contributed by atoms with Gasteiger partial charge in [-0.05, 0) is 66.9 Å². The van der Waals surface area contributed by atoms with Crippen LogP contribution in [0.5, 0.6) is 0 Å². The Morgan fingerprint density at radius 1 is 0.833 bits per heavy atom. The first-order chi connectivity index (χ1) is 17.1. The van der Waals surface area contributed by atoms with Gasteiger partial charge >= 0.3 is 0 Å². The Bertz CT molecular complexity index is 1440. The fourth-order valence-corrected chi connectivity index (χ4v) is 6.80. The van der Waals surface area contributed by atoms with E-state index < -0.39 is 26.0 Å². The number of hydrogen-bond acceptors (Lipinski definition) is 5. The number of nitrogens with one attached hydrogen (secondary N) is 2. The Hall–Kier alpha value is -2.92. The minimum absolute atomic E-state index is 0.0136. The van der Waals surface area contributed by atoms with Gasteiger partial charge in [0.05, 0.1) is 21.4 Å². The monoisotopic (exact) mass is 547 g/mol. The Balaban J connectivity index is 1.38. The topological polar surface area (TPSA) is 113 Å². The van der Waals surface area contributed by atoms with Gasteiger partial charge in [0, 0.05) is 24.3 Å². The van der Waals surface area contributed by atoms with Gasteiger partial charge < -0.3 is 5.32 Å². The summed E-state index contributed by atoms with van der Waals surface area (Å²) < 4.78 is 54.5. The predicted molar refractivity (Wildman–Crippen MR) is 141 cm³/mol. The van der Waals surface area contributed by atoms with Crippen LogP contribution in [-0.4, -0.2) is 40.1 Å². The second-order valence-corrected chi connectivity index (χ2v) is 12.5. The molecule has 0 aromatic heterocycles. The summed E-state index contributed by atoms with van der Waals surface area (Å²) in [5, 5.41) is 2.99. The highest BCUT2D eigenvalue weighted by Gasteiger charge is 2.24. The van der Waals surface area contributed by atoms with E-state index in [9.17, 15) is 21.6 Å². The summed E-state index contributed by atoms with van der Waals surface area (Å²) in [7, 11) is -7.25. The van der Waals surface area contributed by atoms with Gasteiger partial charge in [-0.1, -0.05) is 42.3 Å². The van der Waals surface area contributed by atoms with Crippen molar-refractivity contribution >= 4 is 48.9 Å². The Kier molecular flexibility index (Phi) is 7.99. The summed E-state index contributed by atoms with van der Waals surface area (Å²) in [5.74, 6) is -0.502. The molecule has 1 fully saturated rings. The standard InChI is InChI=1S/C25H26ClN3O5S2/c26-23-6-2-3-7-24(23)28-36(33,34)22-14-12-21(13-15-22)27-25(30)20-10-8-19(9-11-20)18-35(31,32)29-16-4-1-5-17-29/h2-3,6-15,28H,1,4-5,16-18H2,(H,27,30). The van der Waals surface area contributed by atoms with E-state index >= 15 is 0 Å². The number of anilines is 2. The van der Waals surface area contributed by atoms with Crippen molar-refractivity contribution in [3.63, 3.8) is 0 Å². The van der Waals surface area contributed by atoms with E-state index in [1.54, 1.807) is 48.5 Å². The highest BCUT2D eigenvalue weighted by molar-refractivity contribution is 7.92. The van der Waals surface area contributed by atoms with Crippen molar-refractivity contribution in [2.45, 2.75) is 29.9 Å². The minimum Gasteiger partial charge on any atom is -0.322 e. The maximum absolute atomic E-state index is 12.6. The van der Waals surface area contributed by atoms with E-state index in [2.05, 4.69) is 10.0 Å². The van der Waals surface area contributed by atoms with Crippen LogP contribution in [0.3, 0.4) is 0 Å². The maximum Gasteiger partial charge on any atom is 0.261 e. The second kappa shape index (κ2) is 11.0. The van der Waals surface area contributed by atoms with Crippen LogP contribution in [-0.2, 0) is 25.8 Å². The first-order valence-corrected chi connectivity index (χ1v) is 14.9. The van der Waals surface area contributed by atoms with Crippen LogP contribution < -0.4 is 10.0 Å². The summed E-state index contributed by atoms with van der Waals surface area (Å²) in [6, 6.07) is 18.6. The normalized spacial score (nSPS) is 14.8. The van der Waals surface area contributed by atoms with Gasteiger partial charge in [0.25, 0.3) is 15.9 Å². The van der Waals surface area contributed by atoms with Crippen molar-refractivity contribution < 1.29 is 21.6 Å².